The maximum Gasteiger partial charge on any atom is 0.140 e. The maximum absolute atomic E-state index is 14.4. The van der Waals surface area contributed by atoms with Gasteiger partial charge in [0, 0.05) is 16.7 Å². The summed E-state index contributed by atoms with van der Waals surface area (Å²) in [5.74, 6) is 10.9. The SMILES string of the molecule is CCCc1ccc(C#Cc2ccc(C#Cc3ccc(CC)c(F)c3)c(F)c2)cc1. The molecule has 0 aliphatic heterocycles. The van der Waals surface area contributed by atoms with Gasteiger partial charge in [-0.15, -0.1) is 0 Å². The van der Waals surface area contributed by atoms with Crippen LogP contribution in [0.1, 0.15) is 53.6 Å². The summed E-state index contributed by atoms with van der Waals surface area (Å²) in [5, 5.41) is 0. The van der Waals surface area contributed by atoms with Gasteiger partial charge >= 0.3 is 0 Å². The van der Waals surface area contributed by atoms with E-state index in [4.69, 9.17) is 0 Å². The fourth-order valence-corrected chi connectivity index (χ4v) is 2.93. The molecule has 0 saturated heterocycles. The van der Waals surface area contributed by atoms with Crippen LogP contribution in [0.5, 0.6) is 0 Å². The van der Waals surface area contributed by atoms with E-state index in [9.17, 15) is 8.78 Å². The van der Waals surface area contributed by atoms with Crippen LogP contribution in [0.25, 0.3) is 0 Å². The summed E-state index contributed by atoms with van der Waals surface area (Å²) in [6.45, 7) is 4.04. The summed E-state index contributed by atoms with van der Waals surface area (Å²) in [5.41, 5.74) is 4.20. The third-order valence-electron chi connectivity index (χ3n) is 4.59. The Balaban J connectivity index is 1.75. The highest BCUT2D eigenvalue weighted by molar-refractivity contribution is 5.49. The summed E-state index contributed by atoms with van der Waals surface area (Å²) in [6.07, 6.45) is 2.79. The summed E-state index contributed by atoms with van der Waals surface area (Å²) in [6, 6.07) is 17.7. The molecule has 0 aromatic heterocycles. The Morgan fingerprint density at radius 1 is 0.655 bits per heavy atom. The number of halogens is 2. The number of hydrogen-bond donors (Lipinski definition) is 0. The zero-order chi connectivity index (χ0) is 20.6. The molecule has 0 bridgehead atoms. The van der Waals surface area contributed by atoms with Crippen molar-refractivity contribution in [1.29, 1.82) is 0 Å². The number of hydrogen-bond acceptors (Lipinski definition) is 0. The van der Waals surface area contributed by atoms with Crippen LogP contribution >= 0.6 is 0 Å². The fraction of sp³-hybridized carbons (Fsp3) is 0.185. The Hall–Kier alpha value is -3.36. The van der Waals surface area contributed by atoms with Crippen LogP contribution in [0.2, 0.25) is 0 Å². The molecular formula is C27H22F2. The van der Waals surface area contributed by atoms with E-state index >= 15 is 0 Å². The first kappa shape index (κ1) is 20.4. The van der Waals surface area contributed by atoms with Gasteiger partial charge in [-0.2, -0.15) is 0 Å². The van der Waals surface area contributed by atoms with Gasteiger partial charge in [0.15, 0.2) is 0 Å². The molecule has 2 heteroatoms. The van der Waals surface area contributed by atoms with Gasteiger partial charge in [0.1, 0.15) is 11.6 Å². The smallest absolute Gasteiger partial charge is 0.140 e. The standard InChI is InChI=1S/C27H22F2/c1-3-5-20-6-8-21(9-7-20)10-11-22-13-16-25(27(29)19-22)17-14-23-12-15-24(4-2)26(28)18-23/h6-9,12-13,15-16,18-19H,3-5H2,1-2H3. The molecule has 0 aliphatic rings. The Labute approximate surface area is 171 Å². The molecule has 3 aromatic rings. The van der Waals surface area contributed by atoms with Crippen molar-refractivity contribution in [3.05, 3.63) is 106 Å². The van der Waals surface area contributed by atoms with Gasteiger partial charge in [-0.25, -0.2) is 8.78 Å². The first-order chi connectivity index (χ1) is 14.1. The quantitative estimate of drug-likeness (QED) is 0.466. The fourth-order valence-electron chi connectivity index (χ4n) is 2.93. The summed E-state index contributed by atoms with van der Waals surface area (Å²) < 4.78 is 28.2. The molecule has 0 saturated carbocycles. The Morgan fingerprint density at radius 2 is 1.24 bits per heavy atom. The average Bonchev–Trinajstić information content (AvgIpc) is 2.73. The van der Waals surface area contributed by atoms with E-state index in [0.717, 1.165) is 18.4 Å². The minimum Gasteiger partial charge on any atom is -0.207 e. The van der Waals surface area contributed by atoms with Crippen LogP contribution in [0.3, 0.4) is 0 Å². The Bertz CT molecular complexity index is 1120. The molecule has 0 spiro atoms. The monoisotopic (exact) mass is 384 g/mol. The van der Waals surface area contributed by atoms with Crippen molar-refractivity contribution >= 4 is 0 Å². The van der Waals surface area contributed by atoms with E-state index in [0.29, 0.717) is 23.1 Å². The Morgan fingerprint density at radius 3 is 1.86 bits per heavy atom. The molecule has 0 atom stereocenters. The molecule has 0 radical (unpaired) electrons. The third-order valence-corrected chi connectivity index (χ3v) is 4.59. The van der Waals surface area contributed by atoms with Crippen molar-refractivity contribution in [3.8, 4) is 23.7 Å². The predicted octanol–water partition coefficient (Wildman–Crippen LogP) is 6.28. The summed E-state index contributed by atoms with van der Waals surface area (Å²) >= 11 is 0. The molecule has 144 valence electrons. The van der Waals surface area contributed by atoms with Crippen LogP contribution in [0.15, 0.2) is 60.7 Å². The first-order valence-corrected chi connectivity index (χ1v) is 9.80. The lowest BCUT2D eigenvalue weighted by Crippen LogP contribution is -1.89. The maximum atomic E-state index is 14.4. The van der Waals surface area contributed by atoms with Gasteiger partial charge in [-0.1, -0.05) is 62.1 Å². The number of rotatable bonds is 3. The molecule has 29 heavy (non-hydrogen) atoms. The molecule has 0 heterocycles. The molecule has 3 aromatic carbocycles. The van der Waals surface area contributed by atoms with Gasteiger partial charge in [-0.3, -0.25) is 0 Å². The van der Waals surface area contributed by atoms with Crippen LogP contribution in [-0.4, -0.2) is 0 Å². The van der Waals surface area contributed by atoms with Crippen LogP contribution in [0.4, 0.5) is 8.78 Å². The van der Waals surface area contributed by atoms with E-state index in [1.807, 2.05) is 19.1 Å². The van der Waals surface area contributed by atoms with Crippen LogP contribution in [0, 0.1) is 35.3 Å². The lowest BCUT2D eigenvalue weighted by Gasteiger charge is -1.99. The van der Waals surface area contributed by atoms with Crippen molar-refractivity contribution in [2.75, 3.05) is 0 Å². The van der Waals surface area contributed by atoms with Crippen molar-refractivity contribution in [2.24, 2.45) is 0 Å². The van der Waals surface area contributed by atoms with Crippen molar-refractivity contribution in [3.63, 3.8) is 0 Å². The predicted molar refractivity (Wildman–Crippen MR) is 115 cm³/mol. The van der Waals surface area contributed by atoms with E-state index < -0.39 is 5.82 Å². The second-order valence-electron chi connectivity index (χ2n) is 6.80. The first-order valence-electron chi connectivity index (χ1n) is 9.80. The van der Waals surface area contributed by atoms with Crippen molar-refractivity contribution in [1.82, 2.24) is 0 Å². The van der Waals surface area contributed by atoms with Gasteiger partial charge in [0.05, 0.1) is 5.56 Å². The third kappa shape index (κ3) is 5.56. The minimum atomic E-state index is -0.437. The Kier molecular flexibility index (Phi) is 6.83. The van der Waals surface area contributed by atoms with Crippen molar-refractivity contribution < 1.29 is 8.78 Å². The molecule has 0 N–H and O–H groups in total. The highest BCUT2D eigenvalue weighted by Gasteiger charge is 2.02. The van der Waals surface area contributed by atoms with Gasteiger partial charge < -0.3 is 0 Å². The average molecular weight is 384 g/mol. The zero-order valence-corrected chi connectivity index (χ0v) is 16.7. The molecule has 0 fully saturated rings. The molecule has 0 amide bonds. The number of benzene rings is 3. The van der Waals surface area contributed by atoms with Crippen LogP contribution in [-0.2, 0) is 12.8 Å². The van der Waals surface area contributed by atoms with Crippen LogP contribution < -0.4 is 0 Å². The van der Waals surface area contributed by atoms with Crippen molar-refractivity contribution in [2.45, 2.75) is 33.1 Å². The molecule has 0 unspecified atom stereocenters. The highest BCUT2D eigenvalue weighted by atomic mass is 19.1. The summed E-state index contributed by atoms with van der Waals surface area (Å²) in [7, 11) is 0. The largest absolute Gasteiger partial charge is 0.207 e. The van der Waals surface area contributed by atoms with Gasteiger partial charge in [0.2, 0.25) is 0 Å². The highest BCUT2D eigenvalue weighted by Crippen LogP contribution is 2.12. The lowest BCUT2D eigenvalue weighted by atomic mass is 10.1. The van der Waals surface area contributed by atoms with E-state index in [2.05, 4.69) is 42.7 Å². The minimum absolute atomic E-state index is 0.263. The number of aryl methyl sites for hydroxylation is 2. The molecule has 3 rings (SSSR count). The molecular weight excluding hydrogens is 362 g/mol. The van der Waals surface area contributed by atoms with E-state index in [-0.39, 0.29) is 11.4 Å². The topological polar surface area (TPSA) is 0 Å². The second kappa shape index (κ2) is 9.72. The molecule has 0 aliphatic carbocycles. The normalized spacial score (nSPS) is 9.93. The van der Waals surface area contributed by atoms with Gasteiger partial charge in [0.25, 0.3) is 0 Å². The van der Waals surface area contributed by atoms with E-state index in [1.165, 1.54) is 17.7 Å². The summed E-state index contributed by atoms with van der Waals surface area (Å²) in [4.78, 5) is 0. The lowest BCUT2D eigenvalue weighted by molar-refractivity contribution is 0.612. The van der Waals surface area contributed by atoms with E-state index in [1.54, 1.807) is 24.3 Å². The van der Waals surface area contributed by atoms with Gasteiger partial charge in [-0.05, 0) is 66.4 Å². The molecule has 0 nitrogen and oxygen atoms in total. The second-order valence-corrected chi connectivity index (χ2v) is 6.80. The zero-order valence-electron chi connectivity index (χ0n) is 16.7.